The lowest BCUT2D eigenvalue weighted by molar-refractivity contribution is -0.387. The van der Waals surface area contributed by atoms with Crippen LogP contribution in [0.15, 0.2) is 18.2 Å². The maximum Gasteiger partial charge on any atom is 0.305 e. The quantitative estimate of drug-likeness (QED) is 0.476. The van der Waals surface area contributed by atoms with Crippen LogP contribution in [0.2, 0.25) is 0 Å². The van der Waals surface area contributed by atoms with E-state index in [0.717, 1.165) is 31.7 Å². The number of nitro groups is 1. The first-order chi connectivity index (χ1) is 9.11. The molecule has 0 aliphatic carbocycles. The van der Waals surface area contributed by atoms with E-state index in [4.69, 9.17) is 0 Å². The number of carbonyl (C=O) groups excluding carboxylic acids is 1. The van der Waals surface area contributed by atoms with Gasteiger partial charge in [-0.25, -0.2) is 0 Å². The molecule has 1 aliphatic heterocycles. The summed E-state index contributed by atoms with van der Waals surface area (Å²) in [6.45, 7) is 1.68. The van der Waals surface area contributed by atoms with Gasteiger partial charge < -0.3 is 4.79 Å². The van der Waals surface area contributed by atoms with E-state index in [1.165, 1.54) is 6.07 Å². The van der Waals surface area contributed by atoms with Crippen LogP contribution < -0.4 is 0 Å². The Labute approximate surface area is 110 Å². The van der Waals surface area contributed by atoms with Gasteiger partial charge in [-0.2, -0.15) is 4.39 Å². The predicted molar refractivity (Wildman–Crippen MR) is 67.1 cm³/mol. The first kappa shape index (κ1) is 13.6. The molecule has 0 aromatic heterocycles. The fourth-order valence-electron chi connectivity index (χ4n) is 2.42. The molecule has 0 N–H and O–H groups in total. The lowest BCUT2D eigenvalue weighted by Gasteiger charge is -2.30. The van der Waals surface area contributed by atoms with Crippen LogP contribution in [0.4, 0.5) is 10.1 Å². The number of nitrogens with zero attached hydrogens (tertiary/aromatic N) is 2. The van der Waals surface area contributed by atoms with E-state index in [0.29, 0.717) is 18.7 Å². The van der Waals surface area contributed by atoms with E-state index in [2.05, 4.69) is 0 Å². The second-order valence-corrected chi connectivity index (χ2v) is 4.78. The Kier molecular flexibility index (Phi) is 4.21. The molecular weight excluding hydrogens is 251 g/mol. The number of piperidine rings is 1. The molecule has 1 aromatic carbocycles. The topological polar surface area (TPSA) is 63.5 Å². The summed E-state index contributed by atoms with van der Waals surface area (Å²) >= 11 is 0. The largest absolute Gasteiger partial charge is 0.305 e. The zero-order valence-corrected chi connectivity index (χ0v) is 10.4. The summed E-state index contributed by atoms with van der Waals surface area (Å²) in [6.07, 6.45) is 2.67. The molecule has 1 aromatic rings. The van der Waals surface area contributed by atoms with E-state index >= 15 is 0 Å². The van der Waals surface area contributed by atoms with Crippen molar-refractivity contribution in [3.05, 3.63) is 39.7 Å². The van der Waals surface area contributed by atoms with Crippen molar-refractivity contribution >= 4 is 12.0 Å². The standard InChI is InChI=1S/C13H15FN2O3/c14-13-11(4-1-5-12(13)16(18)19)8-15-6-2-3-10(7-15)9-17/h1,4-5,9-10H,2-3,6-8H2. The normalized spacial score (nSPS) is 20.2. The number of carbonyl (C=O) groups is 1. The molecule has 1 saturated heterocycles. The maximum absolute atomic E-state index is 13.9. The van der Waals surface area contributed by atoms with E-state index < -0.39 is 16.4 Å². The molecule has 1 atom stereocenters. The molecule has 0 amide bonds. The third-order valence-electron chi connectivity index (χ3n) is 3.38. The van der Waals surface area contributed by atoms with Crippen molar-refractivity contribution in [3.8, 4) is 0 Å². The fraction of sp³-hybridized carbons (Fsp3) is 0.462. The number of nitro benzene ring substituents is 1. The molecule has 5 nitrogen and oxygen atoms in total. The predicted octanol–water partition coefficient (Wildman–Crippen LogP) is 2.14. The van der Waals surface area contributed by atoms with Crippen LogP contribution >= 0.6 is 0 Å². The van der Waals surface area contributed by atoms with Gasteiger partial charge in [-0.1, -0.05) is 12.1 Å². The number of hydrogen-bond acceptors (Lipinski definition) is 4. The second-order valence-electron chi connectivity index (χ2n) is 4.78. The van der Waals surface area contributed by atoms with Gasteiger partial charge in [-0.15, -0.1) is 0 Å². The number of benzene rings is 1. The second kappa shape index (κ2) is 5.88. The van der Waals surface area contributed by atoms with Crippen LogP contribution in [0.25, 0.3) is 0 Å². The number of halogens is 1. The minimum atomic E-state index is -0.777. The van der Waals surface area contributed by atoms with E-state index in [1.54, 1.807) is 6.07 Å². The number of rotatable bonds is 4. The molecule has 6 heteroatoms. The highest BCUT2D eigenvalue weighted by Crippen LogP contribution is 2.23. The van der Waals surface area contributed by atoms with Crippen molar-refractivity contribution in [1.82, 2.24) is 4.90 Å². The summed E-state index contributed by atoms with van der Waals surface area (Å²) in [5, 5.41) is 10.7. The number of hydrogen-bond donors (Lipinski definition) is 0. The first-order valence-electron chi connectivity index (χ1n) is 6.21. The van der Waals surface area contributed by atoms with Gasteiger partial charge in [0.25, 0.3) is 0 Å². The van der Waals surface area contributed by atoms with Crippen LogP contribution in [-0.2, 0) is 11.3 Å². The Bertz CT molecular complexity index is 493. The average Bonchev–Trinajstić information content (AvgIpc) is 2.41. The summed E-state index contributed by atoms with van der Waals surface area (Å²) < 4.78 is 13.9. The summed E-state index contributed by atoms with van der Waals surface area (Å²) in [4.78, 5) is 22.7. The van der Waals surface area contributed by atoms with Gasteiger partial charge in [0.1, 0.15) is 6.29 Å². The fourth-order valence-corrected chi connectivity index (χ4v) is 2.42. The first-order valence-corrected chi connectivity index (χ1v) is 6.21. The van der Waals surface area contributed by atoms with Crippen LogP contribution in [-0.4, -0.2) is 29.2 Å². The highest BCUT2D eigenvalue weighted by atomic mass is 19.1. The third kappa shape index (κ3) is 3.14. The zero-order valence-electron chi connectivity index (χ0n) is 10.4. The Morgan fingerprint density at radius 2 is 2.32 bits per heavy atom. The number of likely N-dealkylation sites (tertiary alicyclic amines) is 1. The summed E-state index contributed by atoms with van der Waals surface area (Å²) in [5.74, 6) is -0.795. The molecule has 1 fully saturated rings. The summed E-state index contributed by atoms with van der Waals surface area (Å²) in [7, 11) is 0. The molecule has 0 radical (unpaired) electrons. The van der Waals surface area contributed by atoms with Gasteiger partial charge >= 0.3 is 5.69 Å². The van der Waals surface area contributed by atoms with Gasteiger partial charge in [0, 0.05) is 30.6 Å². The van der Waals surface area contributed by atoms with Gasteiger partial charge in [-0.05, 0) is 19.4 Å². The van der Waals surface area contributed by atoms with E-state index in [1.807, 2.05) is 4.90 Å². The van der Waals surface area contributed by atoms with Gasteiger partial charge in [0.05, 0.1) is 4.92 Å². The van der Waals surface area contributed by atoms with Gasteiger partial charge in [0.15, 0.2) is 0 Å². The average molecular weight is 266 g/mol. The van der Waals surface area contributed by atoms with E-state index in [-0.39, 0.29) is 5.92 Å². The van der Waals surface area contributed by atoms with Gasteiger partial charge in [-0.3, -0.25) is 15.0 Å². The Balaban J connectivity index is 2.12. The Morgan fingerprint density at radius 1 is 1.53 bits per heavy atom. The van der Waals surface area contributed by atoms with Crippen LogP contribution in [0.3, 0.4) is 0 Å². The van der Waals surface area contributed by atoms with Crippen LogP contribution in [0.5, 0.6) is 0 Å². The van der Waals surface area contributed by atoms with Crippen LogP contribution in [0, 0.1) is 21.8 Å². The van der Waals surface area contributed by atoms with Crippen molar-refractivity contribution in [2.24, 2.45) is 5.92 Å². The van der Waals surface area contributed by atoms with Crippen molar-refractivity contribution in [2.75, 3.05) is 13.1 Å². The van der Waals surface area contributed by atoms with Crippen molar-refractivity contribution < 1.29 is 14.1 Å². The molecular formula is C13H15FN2O3. The monoisotopic (exact) mass is 266 g/mol. The lowest BCUT2D eigenvalue weighted by atomic mass is 9.99. The molecule has 0 spiro atoms. The molecule has 102 valence electrons. The highest BCUT2D eigenvalue weighted by Gasteiger charge is 2.22. The molecule has 1 aliphatic rings. The molecule has 2 rings (SSSR count). The summed E-state index contributed by atoms with van der Waals surface area (Å²) in [5.41, 5.74) is -0.192. The zero-order chi connectivity index (χ0) is 13.8. The highest BCUT2D eigenvalue weighted by molar-refractivity contribution is 5.54. The Morgan fingerprint density at radius 3 is 3.00 bits per heavy atom. The molecule has 19 heavy (non-hydrogen) atoms. The minimum Gasteiger partial charge on any atom is -0.303 e. The van der Waals surface area contributed by atoms with Gasteiger partial charge in [0.2, 0.25) is 5.82 Å². The van der Waals surface area contributed by atoms with Crippen LogP contribution in [0.1, 0.15) is 18.4 Å². The van der Waals surface area contributed by atoms with E-state index in [9.17, 15) is 19.3 Å². The molecule has 1 unspecified atom stereocenters. The minimum absolute atomic E-state index is 0.0180. The smallest absolute Gasteiger partial charge is 0.303 e. The molecule has 0 saturated carbocycles. The molecule has 0 bridgehead atoms. The maximum atomic E-state index is 13.9. The van der Waals surface area contributed by atoms with Crippen molar-refractivity contribution in [2.45, 2.75) is 19.4 Å². The molecule has 1 heterocycles. The van der Waals surface area contributed by atoms with Crippen molar-refractivity contribution in [1.29, 1.82) is 0 Å². The van der Waals surface area contributed by atoms with Crippen molar-refractivity contribution in [3.63, 3.8) is 0 Å². The number of aldehydes is 1. The summed E-state index contributed by atoms with van der Waals surface area (Å²) in [6, 6.07) is 4.19. The lowest BCUT2D eigenvalue weighted by Crippen LogP contribution is -2.35. The third-order valence-corrected chi connectivity index (χ3v) is 3.38. The SMILES string of the molecule is O=CC1CCCN(Cc2cccc([N+](=O)[O-])c2F)C1. The Hall–Kier alpha value is -1.82.